The van der Waals surface area contributed by atoms with Gasteiger partial charge in [-0.25, -0.2) is 4.39 Å². The Morgan fingerprint density at radius 1 is 1.45 bits per heavy atom. The summed E-state index contributed by atoms with van der Waals surface area (Å²) < 4.78 is 24.2. The van der Waals surface area contributed by atoms with E-state index in [1.807, 2.05) is 6.92 Å². The molecule has 2 heterocycles. The van der Waals surface area contributed by atoms with Crippen LogP contribution in [0.25, 0.3) is 0 Å². The van der Waals surface area contributed by atoms with Crippen molar-refractivity contribution in [3.63, 3.8) is 0 Å². The topological polar surface area (TPSA) is 65.2 Å². The summed E-state index contributed by atoms with van der Waals surface area (Å²) >= 11 is 7.12. The Hall–Kier alpha value is -1.60. The Kier molecular flexibility index (Phi) is 4.35. The highest BCUT2D eigenvalue weighted by Gasteiger charge is 2.34. The van der Waals surface area contributed by atoms with E-state index in [1.165, 1.54) is 12.1 Å². The van der Waals surface area contributed by atoms with Crippen LogP contribution in [0.15, 0.2) is 27.8 Å². The number of ether oxygens (including phenoxy) is 1. The van der Waals surface area contributed by atoms with Gasteiger partial charge in [0.15, 0.2) is 0 Å². The van der Waals surface area contributed by atoms with Gasteiger partial charge in [-0.3, -0.25) is 4.79 Å². The number of aromatic nitrogens is 2. The smallest absolute Gasteiger partial charge is 0.320 e. The van der Waals surface area contributed by atoms with Crippen molar-refractivity contribution in [2.24, 2.45) is 0 Å². The Morgan fingerprint density at radius 3 is 2.95 bits per heavy atom. The van der Waals surface area contributed by atoms with E-state index < -0.39 is 5.82 Å². The van der Waals surface area contributed by atoms with Gasteiger partial charge in [-0.05, 0) is 30.8 Å². The van der Waals surface area contributed by atoms with E-state index in [9.17, 15) is 9.18 Å². The van der Waals surface area contributed by atoms with Gasteiger partial charge in [0.25, 0.3) is 5.22 Å². The van der Waals surface area contributed by atoms with E-state index in [-0.39, 0.29) is 34.9 Å². The highest BCUT2D eigenvalue weighted by molar-refractivity contribution is 8.00. The summed E-state index contributed by atoms with van der Waals surface area (Å²) in [5.41, 5.74) is 0.304. The van der Waals surface area contributed by atoms with Gasteiger partial charge in [-0.1, -0.05) is 17.7 Å². The minimum absolute atomic E-state index is 0.102. The molecule has 2 aromatic rings. The molecule has 1 aromatic heterocycles. The minimum atomic E-state index is -0.423. The third-order valence-electron chi connectivity index (χ3n) is 3.21. The molecule has 0 amide bonds. The normalized spacial score (nSPS) is 21.1. The molecule has 22 heavy (non-hydrogen) atoms. The Morgan fingerprint density at radius 2 is 2.27 bits per heavy atom. The molecule has 0 bridgehead atoms. The lowest BCUT2D eigenvalue weighted by Crippen LogP contribution is -2.09. The van der Waals surface area contributed by atoms with E-state index >= 15 is 0 Å². The van der Waals surface area contributed by atoms with Gasteiger partial charge in [0, 0.05) is 17.0 Å². The monoisotopic (exact) mass is 342 g/mol. The van der Waals surface area contributed by atoms with Crippen LogP contribution in [0.4, 0.5) is 4.39 Å². The SMILES string of the molecule is C[C@H]1C[C@@H](Sc2nnc(Cc3c(F)cccc3Cl)o2)C(=O)O1. The largest absolute Gasteiger partial charge is 0.462 e. The summed E-state index contributed by atoms with van der Waals surface area (Å²) in [6.07, 6.45) is 0.593. The van der Waals surface area contributed by atoms with Crippen LogP contribution < -0.4 is 0 Å². The predicted molar refractivity (Wildman–Crippen MR) is 78.3 cm³/mol. The van der Waals surface area contributed by atoms with Crippen LogP contribution >= 0.6 is 23.4 Å². The van der Waals surface area contributed by atoms with Gasteiger partial charge in [-0.15, -0.1) is 10.2 Å². The Labute approximate surface area is 135 Å². The molecular formula is C14H12ClFN2O3S. The van der Waals surface area contributed by atoms with Gasteiger partial charge in [0.05, 0.1) is 6.42 Å². The number of nitrogens with zero attached hydrogens (tertiary/aromatic N) is 2. The second-order valence-corrected chi connectivity index (χ2v) is 6.49. The maximum atomic E-state index is 13.7. The molecule has 1 saturated heterocycles. The fourth-order valence-electron chi connectivity index (χ4n) is 2.15. The molecule has 1 aliphatic rings. The van der Waals surface area contributed by atoms with E-state index in [0.29, 0.717) is 17.0 Å². The van der Waals surface area contributed by atoms with Crippen molar-refractivity contribution < 1.29 is 18.3 Å². The lowest BCUT2D eigenvalue weighted by Gasteiger charge is -2.02. The highest BCUT2D eigenvalue weighted by Crippen LogP contribution is 2.32. The zero-order chi connectivity index (χ0) is 15.7. The molecule has 5 nitrogen and oxygen atoms in total. The Bertz CT molecular complexity index is 689. The van der Waals surface area contributed by atoms with E-state index in [1.54, 1.807) is 6.07 Å². The number of cyclic esters (lactones) is 1. The number of benzene rings is 1. The number of carbonyl (C=O) groups excluding carboxylic acids is 1. The average molecular weight is 343 g/mol. The van der Waals surface area contributed by atoms with Crippen LogP contribution in [0, 0.1) is 5.82 Å². The standard InChI is InChI=1S/C14H12ClFN2O3S/c1-7-5-11(13(19)20-7)22-14-18-17-12(21-14)6-8-9(15)3-2-4-10(8)16/h2-4,7,11H,5-6H2,1H3/t7-,11+/m0/s1. The maximum Gasteiger partial charge on any atom is 0.320 e. The molecule has 8 heteroatoms. The van der Waals surface area contributed by atoms with Crippen molar-refractivity contribution in [3.8, 4) is 0 Å². The van der Waals surface area contributed by atoms with Crippen LogP contribution in [0.2, 0.25) is 5.02 Å². The molecule has 0 saturated carbocycles. The molecule has 116 valence electrons. The van der Waals surface area contributed by atoms with Crippen molar-refractivity contribution in [3.05, 3.63) is 40.5 Å². The van der Waals surface area contributed by atoms with Crippen molar-refractivity contribution >= 4 is 29.3 Å². The fraction of sp³-hybridized carbons (Fsp3) is 0.357. The third kappa shape index (κ3) is 3.25. The third-order valence-corrected chi connectivity index (χ3v) is 4.60. The number of carbonyl (C=O) groups is 1. The van der Waals surface area contributed by atoms with Gasteiger partial charge in [-0.2, -0.15) is 0 Å². The summed E-state index contributed by atoms with van der Waals surface area (Å²) in [7, 11) is 0. The first-order chi connectivity index (χ1) is 10.5. The molecule has 0 aliphatic carbocycles. The molecule has 0 N–H and O–H groups in total. The van der Waals surface area contributed by atoms with Crippen LogP contribution in [-0.2, 0) is 16.0 Å². The van der Waals surface area contributed by atoms with Gasteiger partial charge in [0.2, 0.25) is 5.89 Å². The average Bonchev–Trinajstić information content (AvgIpc) is 3.02. The number of halogens is 2. The minimum Gasteiger partial charge on any atom is -0.462 e. The zero-order valence-corrected chi connectivity index (χ0v) is 13.2. The quantitative estimate of drug-likeness (QED) is 0.795. The second-order valence-electron chi connectivity index (χ2n) is 4.93. The van der Waals surface area contributed by atoms with Crippen LogP contribution in [0.1, 0.15) is 24.8 Å². The first kappa shape index (κ1) is 15.3. The fourth-order valence-corrected chi connectivity index (χ4v) is 3.37. The molecule has 1 aromatic carbocycles. The molecule has 1 aliphatic heterocycles. The molecule has 0 spiro atoms. The first-order valence-corrected chi connectivity index (χ1v) is 7.91. The highest BCUT2D eigenvalue weighted by atomic mass is 35.5. The summed E-state index contributed by atoms with van der Waals surface area (Å²) in [5.74, 6) is -0.462. The number of esters is 1. The van der Waals surface area contributed by atoms with Gasteiger partial charge < -0.3 is 9.15 Å². The van der Waals surface area contributed by atoms with Crippen molar-refractivity contribution in [2.75, 3.05) is 0 Å². The van der Waals surface area contributed by atoms with Crippen LogP contribution in [0.5, 0.6) is 0 Å². The maximum absolute atomic E-state index is 13.7. The first-order valence-electron chi connectivity index (χ1n) is 6.65. The summed E-state index contributed by atoms with van der Waals surface area (Å²) in [6, 6.07) is 4.45. The number of rotatable bonds is 4. The number of hydrogen-bond donors (Lipinski definition) is 0. The molecule has 0 unspecified atom stereocenters. The summed E-state index contributed by atoms with van der Waals surface area (Å²) in [5, 5.41) is 7.95. The van der Waals surface area contributed by atoms with Crippen LogP contribution in [-0.4, -0.2) is 27.5 Å². The lowest BCUT2D eigenvalue weighted by molar-refractivity contribution is -0.140. The Balaban J connectivity index is 1.70. The lowest BCUT2D eigenvalue weighted by atomic mass is 10.1. The molecule has 1 fully saturated rings. The zero-order valence-electron chi connectivity index (χ0n) is 11.6. The van der Waals surface area contributed by atoms with Crippen molar-refractivity contribution in [1.82, 2.24) is 10.2 Å². The molecular weight excluding hydrogens is 331 g/mol. The molecule has 2 atom stereocenters. The number of hydrogen-bond acceptors (Lipinski definition) is 6. The van der Waals surface area contributed by atoms with Crippen molar-refractivity contribution in [2.45, 2.75) is 36.3 Å². The van der Waals surface area contributed by atoms with E-state index in [2.05, 4.69) is 10.2 Å². The summed E-state index contributed by atoms with van der Waals surface area (Å²) in [4.78, 5) is 11.6. The molecule has 3 rings (SSSR count). The van der Waals surface area contributed by atoms with Crippen LogP contribution in [0.3, 0.4) is 0 Å². The van der Waals surface area contributed by atoms with E-state index in [4.69, 9.17) is 20.8 Å². The van der Waals surface area contributed by atoms with Gasteiger partial charge in [0.1, 0.15) is 17.2 Å². The predicted octanol–water partition coefficient (Wildman–Crippen LogP) is 3.25. The molecule has 0 radical (unpaired) electrons. The van der Waals surface area contributed by atoms with Gasteiger partial charge >= 0.3 is 5.97 Å². The number of thioether (sulfide) groups is 1. The van der Waals surface area contributed by atoms with Crippen molar-refractivity contribution in [1.29, 1.82) is 0 Å². The second kappa shape index (κ2) is 6.26. The van der Waals surface area contributed by atoms with E-state index in [0.717, 1.165) is 11.8 Å². The summed E-state index contributed by atoms with van der Waals surface area (Å²) in [6.45, 7) is 1.83.